The van der Waals surface area contributed by atoms with Gasteiger partial charge in [0.1, 0.15) is 17.3 Å². The molecule has 4 aromatic heterocycles. The van der Waals surface area contributed by atoms with Gasteiger partial charge in [0.15, 0.2) is 0 Å². The number of anilines is 1. The quantitative estimate of drug-likeness (QED) is 0.535. The number of imidazole rings is 1. The van der Waals surface area contributed by atoms with E-state index in [1.165, 1.54) is 24.7 Å². The number of rotatable bonds is 2. The number of pyridine rings is 3. The Morgan fingerprint density at radius 1 is 0.889 bits per heavy atom. The molecule has 0 unspecified atom stereocenters. The summed E-state index contributed by atoms with van der Waals surface area (Å²) in [5, 5.41) is 0. The van der Waals surface area contributed by atoms with Gasteiger partial charge < -0.3 is 5.73 Å². The number of nitrogens with two attached hydrogens (primary N) is 1. The highest BCUT2D eigenvalue weighted by Gasteiger charge is 2.34. The molecular weight excluding hydrogens is 362 g/mol. The van der Waals surface area contributed by atoms with E-state index in [4.69, 9.17) is 5.73 Å². The molecule has 136 valence electrons. The average Bonchev–Trinajstić information content (AvgIpc) is 3.04. The molecule has 0 saturated carbocycles. The Balaban J connectivity index is 1.86. The molecule has 0 fully saturated rings. The van der Waals surface area contributed by atoms with Crippen molar-refractivity contribution in [2.45, 2.75) is 6.18 Å². The Kier molecular flexibility index (Phi) is 3.79. The van der Waals surface area contributed by atoms with Gasteiger partial charge in [-0.15, -0.1) is 0 Å². The van der Waals surface area contributed by atoms with E-state index >= 15 is 0 Å². The fraction of sp³-hybridized carbons (Fsp3) is 0.0556. The molecule has 4 heterocycles. The number of halogens is 4. The minimum absolute atomic E-state index is 0.246. The van der Waals surface area contributed by atoms with Gasteiger partial charge in [-0.3, -0.25) is 9.38 Å². The Morgan fingerprint density at radius 2 is 1.70 bits per heavy atom. The number of aromatic nitrogens is 4. The van der Waals surface area contributed by atoms with Crippen molar-refractivity contribution < 1.29 is 17.6 Å². The summed E-state index contributed by atoms with van der Waals surface area (Å²) >= 11 is 0. The topological polar surface area (TPSA) is 69.1 Å². The van der Waals surface area contributed by atoms with Crippen LogP contribution in [-0.4, -0.2) is 19.4 Å². The molecule has 0 aliphatic heterocycles. The third-order valence-electron chi connectivity index (χ3n) is 4.06. The summed E-state index contributed by atoms with van der Waals surface area (Å²) in [7, 11) is 0. The fourth-order valence-corrected chi connectivity index (χ4v) is 2.78. The number of alkyl halides is 3. The summed E-state index contributed by atoms with van der Waals surface area (Å²) in [6.07, 6.45) is 2.37. The van der Waals surface area contributed by atoms with E-state index in [0.717, 1.165) is 12.3 Å². The summed E-state index contributed by atoms with van der Waals surface area (Å²) < 4.78 is 54.4. The van der Waals surface area contributed by atoms with Crippen LogP contribution in [0.15, 0.2) is 55.2 Å². The summed E-state index contributed by atoms with van der Waals surface area (Å²) in [5.74, 6) is -1.09. The van der Waals surface area contributed by atoms with Crippen molar-refractivity contribution >= 4 is 11.5 Å². The molecule has 9 heteroatoms. The number of hydrogen-bond acceptors (Lipinski definition) is 4. The van der Waals surface area contributed by atoms with Crippen LogP contribution in [0.4, 0.5) is 23.4 Å². The van der Waals surface area contributed by atoms with Gasteiger partial charge in [0.25, 0.3) is 0 Å². The van der Waals surface area contributed by atoms with E-state index in [1.807, 2.05) is 0 Å². The summed E-state index contributed by atoms with van der Waals surface area (Å²) in [6, 6.07) is 5.53. The number of nitrogen functional groups attached to an aromatic ring is 1. The van der Waals surface area contributed by atoms with E-state index in [2.05, 4.69) is 15.0 Å². The zero-order valence-corrected chi connectivity index (χ0v) is 13.6. The molecule has 27 heavy (non-hydrogen) atoms. The lowest BCUT2D eigenvalue weighted by atomic mass is 10.1. The standard InChI is InChI=1S/C18H11F4N5/c19-13-3-12(5-24-7-13)15-8-25-16-2-1-10(9-27(15)16)11-4-14(18(20,21)22)17(23)26-6-11/h1-9H,(H2,23,26). The van der Waals surface area contributed by atoms with Crippen molar-refractivity contribution in [3.8, 4) is 22.4 Å². The van der Waals surface area contributed by atoms with Crippen molar-refractivity contribution in [3.05, 3.63) is 66.6 Å². The van der Waals surface area contributed by atoms with Crippen LogP contribution in [-0.2, 0) is 6.18 Å². The highest BCUT2D eigenvalue weighted by Crippen LogP contribution is 2.35. The normalized spacial score (nSPS) is 11.9. The molecule has 0 atom stereocenters. The zero-order valence-electron chi connectivity index (χ0n) is 13.6. The number of hydrogen-bond donors (Lipinski definition) is 1. The van der Waals surface area contributed by atoms with Crippen molar-refractivity contribution in [2.75, 3.05) is 5.73 Å². The van der Waals surface area contributed by atoms with Gasteiger partial charge in [-0.1, -0.05) is 0 Å². The molecule has 4 rings (SSSR count). The van der Waals surface area contributed by atoms with E-state index in [0.29, 0.717) is 22.5 Å². The lowest BCUT2D eigenvalue weighted by Gasteiger charge is -2.11. The Labute approximate surface area is 150 Å². The second-order valence-corrected chi connectivity index (χ2v) is 5.84. The Bertz CT molecular complexity index is 1150. The average molecular weight is 373 g/mol. The van der Waals surface area contributed by atoms with Gasteiger partial charge >= 0.3 is 6.18 Å². The fourth-order valence-electron chi connectivity index (χ4n) is 2.78. The SMILES string of the molecule is Nc1ncc(-c2ccc3ncc(-c4cncc(F)c4)n3c2)cc1C(F)(F)F. The van der Waals surface area contributed by atoms with Crippen molar-refractivity contribution in [3.63, 3.8) is 0 Å². The summed E-state index contributed by atoms with van der Waals surface area (Å²) in [4.78, 5) is 11.7. The molecule has 0 saturated heterocycles. The van der Waals surface area contributed by atoms with Crippen molar-refractivity contribution in [1.82, 2.24) is 19.4 Å². The second kappa shape index (κ2) is 6.04. The third-order valence-corrected chi connectivity index (χ3v) is 4.06. The smallest absolute Gasteiger partial charge is 0.383 e. The molecule has 0 aliphatic carbocycles. The molecule has 0 bridgehead atoms. The van der Waals surface area contributed by atoms with Gasteiger partial charge in [0, 0.05) is 35.3 Å². The first-order valence-electron chi connectivity index (χ1n) is 7.74. The van der Waals surface area contributed by atoms with Crippen LogP contribution in [0.25, 0.3) is 28.0 Å². The van der Waals surface area contributed by atoms with Crippen molar-refractivity contribution in [1.29, 1.82) is 0 Å². The predicted octanol–water partition coefficient (Wildman–Crippen LogP) is 4.20. The number of nitrogens with zero attached hydrogens (tertiary/aromatic N) is 4. The van der Waals surface area contributed by atoms with Crippen LogP contribution in [0.2, 0.25) is 0 Å². The summed E-state index contributed by atoms with van der Waals surface area (Å²) in [6.45, 7) is 0. The largest absolute Gasteiger partial charge is 0.419 e. The molecule has 2 N–H and O–H groups in total. The van der Waals surface area contributed by atoms with E-state index in [1.54, 1.807) is 22.7 Å². The molecule has 4 aromatic rings. The maximum atomic E-state index is 13.5. The molecule has 0 amide bonds. The zero-order chi connectivity index (χ0) is 19.2. The van der Waals surface area contributed by atoms with Crippen LogP contribution < -0.4 is 5.73 Å². The first kappa shape index (κ1) is 17.0. The van der Waals surface area contributed by atoms with E-state index in [-0.39, 0.29) is 5.56 Å². The lowest BCUT2D eigenvalue weighted by molar-refractivity contribution is -0.137. The van der Waals surface area contributed by atoms with Crippen LogP contribution in [0, 0.1) is 5.82 Å². The highest BCUT2D eigenvalue weighted by atomic mass is 19.4. The molecule has 0 spiro atoms. The first-order valence-corrected chi connectivity index (χ1v) is 7.74. The third kappa shape index (κ3) is 3.07. The van der Waals surface area contributed by atoms with Crippen LogP contribution in [0.1, 0.15) is 5.56 Å². The predicted molar refractivity (Wildman–Crippen MR) is 91.0 cm³/mol. The maximum Gasteiger partial charge on any atom is 0.419 e. The monoisotopic (exact) mass is 373 g/mol. The second-order valence-electron chi connectivity index (χ2n) is 5.84. The van der Waals surface area contributed by atoms with Gasteiger partial charge in [-0.05, 0) is 24.3 Å². The van der Waals surface area contributed by atoms with Gasteiger partial charge in [0.05, 0.1) is 23.7 Å². The van der Waals surface area contributed by atoms with Crippen molar-refractivity contribution in [2.24, 2.45) is 0 Å². The molecule has 0 radical (unpaired) electrons. The lowest BCUT2D eigenvalue weighted by Crippen LogP contribution is -2.10. The Morgan fingerprint density at radius 3 is 2.44 bits per heavy atom. The van der Waals surface area contributed by atoms with Crippen LogP contribution in [0.5, 0.6) is 0 Å². The minimum Gasteiger partial charge on any atom is -0.383 e. The molecule has 0 aliphatic rings. The molecule has 5 nitrogen and oxygen atoms in total. The molecular formula is C18H11F4N5. The minimum atomic E-state index is -4.61. The first-order chi connectivity index (χ1) is 12.8. The number of fused-ring (bicyclic) bond motifs is 1. The maximum absolute atomic E-state index is 13.5. The Hall–Kier alpha value is -3.49. The van der Waals surface area contributed by atoms with Gasteiger partial charge in [-0.2, -0.15) is 13.2 Å². The van der Waals surface area contributed by atoms with Gasteiger partial charge in [0.2, 0.25) is 0 Å². The van der Waals surface area contributed by atoms with E-state index < -0.39 is 23.4 Å². The highest BCUT2D eigenvalue weighted by molar-refractivity contribution is 5.70. The van der Waals surface area contributed by atoms with Crippen LogP contribution >= 0.6 is 0 Å². The van der Waals surface area contributed by atoms with Crippen LogP contribution in [0.3, 0.4) is 0 Å². The summed E-state index contributed by atoms with van der Waals surface area (Å²) in [5.41, 5.74) is 6.67. The van der Waals surface area contributed by atoms with E-state index in [9.17, 15) is 17.6 Å². The molecule has 0 aromatic carbocycles. The van der Waals surface area contributed by atoms with Gasteiger partial charge in [-0.25, -0.2) is 14.4 Å².